The molecule has 0 saturated heterocycles. The van der Waals surface area contributed by atoms with Crippen LogP contribution in [0.2, 0.25) is 0 Å². The molecule has 4 N–H and O–H groups in total. The number of aromatic amines is 1. The largest absolute Gasteiger partial charge is 0.385 e. The molecule has 3 aromatic heterocycles. The van der Waals surface area contributed by atoms with Crippen LogP contribution in [0.15, 0.2) is 18.5 Å². The summed E-state index contributed by atoms with van der Waals surface area (Å²) in [5.41, 5.74) is 8.98. The highest BCUT2D eigenvalue weighted by molar-refractivity contribution is 6.01. The summed E-state index contributed by atoms with van der Waals surface area (Å²) in [6.45, 7) is 1.75. The molecule has 3 heterocycles. The molecule has 0 bridgehead atoms. The van der Waals surface area contributed by atoms with Crippen molar-refractivity contribution in [2.45, 2.75) is 44.4 Å². The maximum absolute atomic E-state index is 10.1. The number of nitrogens with two attached hydrogens (primary N) is 1. The second kappa shape index (κ2) is 4.54. The zero-order chi connectivity index (χ0) is 14.6. The van der Waals surface area contributed by atoms with Gasteiger partial charge < -0.3 is 20.4 Å². The lowest BCUT2D eigenvalue weighted by molar-refractivity contribution is 0.180. The lowest BCUT2D eigenvalue weighted by Gasteiger charge is -2.22. The predicted octanol–water partition coefficient (Wildman–Crippen LogP) is 2.02. The number of aliphatic hydroxyl groups is 1. The quantitative estimate of drug-likeness (QED) is 0.671. The third-order valence-electron chi connectivity index (χ3n) is 4.50. The van der Waals surface area contributed by atoms with Crippen LogP contribution in [0.1, 0.15) is 44.2 Å². The number of hydrogen-bond donors (Lipinski definition) is 3. The van der Waals surface area contributed by atoms with E-state index in [9.17, 15) is 5.11 Å². The van der Waals surface area contributed by atoms with Gasteiger partial charge in [-0.3, -0.25) is 0 Å². The van der Waals surface area contributed by atoms with E-state index in [1.54, 1.807) is 13.1 Å². The first kappa shape index (κ1) is 12.8. The van der Waals surface area contributed by atoms with Gasteiger partial charge in [0, 0.05) is 17.6 Å². The van der Waals surface area contributed by atoms with Gasteiger partial charge in [-0.1, -0.05) is 0 Å². The zero-order valence-corrected chi connectivity index (χ0v) is 12.0. The van der Waals surface area contributed by atoms with Crippen LogP contribution in [0.25, 0.3) is 22.1 Å². The number of nitrogens with zero attached hydrogens (tertiary/aromatic N) is 3. The minimum Gasteiger partial charge on any atom is -0.385 e. The molecule has 1 saturated carbocycles. The van der Waals surface area contributed by atoms with E-state index in [1.807, 2.05) is 12.3 Å². The van der Waals surface area contributed by atoms with Crippen LogP contribution in [0.4, 0.5) is 0 Å². The van der Waals surface area contributed by atoms with Crippen molar-refractivity contribution in [3.8, 4) is 0 Å². The van der Waals surface area contributed by atoms with Gasteiger partial charge in [-0.25, -0.2) is 9.97 Å². The molecule has 110 valence electrons. The average Bonchev–Trinajstić information content (AvgIpc) is 3.13. The van der Waals surface area contributed by atoms with Crippen LogP contribution in [-0.4, -0.2) is 30.7 Å². The minimum absolute atomic E-state index is 0.113. The first-order valence-corrected chi connectivity index (χ1v) is 7.44. The fourth-order valence-corrected chi connectivity index (χ4v) is 3.53. The van der Waals surface area contributed by atoms with Crippen molar-refractivity contribution in [1.29, 1.82) is 0 Å². The van der Waals surface area contributed by atoms with Crippen LogP contribution in [0.5, 0.6) is 0 Å². The van der Waals surface area contributed by atoms with E-state index in [2.05, 4.69) is 19.5 Å². The number of aliphatic hydroxyl groups excluding tert-OH is 1. The summed E-state index contributed by atoms with van der Waals surface area (Å²) < 4.78 is 2.15. The molecule has 4 rings (SSSR count). The van der Waals surface area contributed by atoms with Gasteiger partial charge in [-0.2, -0.15) is 0 Å². The highest BCUT2D eigenvalue weighted by Crippen LogP contribution is 2.36. The number of H-pyrrole nitrogens is 1. The molecule has 3 atom stereocenters. The third-order valence-corrected chi connectivity index (χ3v) is 4.50. The molecule has 0 amide bonds. The zero-order valence-electron chi connectivity index (χ0n) is 12.0. The smallest absolute Gasteiger partial charge is 0.139 e. The Labute approximate surface area is 122 Å². The van der Waals surface area contributed by atoms with Gasteiger partial charge in [-0.15, -0.1) is 0 Å². The van der Waals surface area contributed by atoms with Gasteiger partial charge >= 0.3 is 0 Å². The topological polar surface area (TPSA) is 92.8 Å². The molecular formula is C15H19N5O. The molecule has 0 spiro atoms. The standard InChI is InChI=1S/C15H19N5O/c1-8(21)15-19-11-7-18-14-9(5-6-17-14)13(11)20(15)12-4-2-3-10(12)16/h5-8,10,12,21H,2-4,16H2,1H3,(H,17,18)/t8-,10+,12?/m1/s1. The lowest BCUT2D eigenvalue weighted by Crippen LogP contribution is -2.28. The van der Waals surface area contributed by atoms with Gasteiger partial charge in [0.05, 0.1) is 17.8 Å². The Morgan fingerprint density at radius 1 is 1.48 bits per heavy atom. The van der Waals surface area contributed by atoms with Crippen LogP contribution in [-0.2, 0) is 0 Å². The van der Waals surface area contributed by atoms with Crippen LogP contribution in [0, 0.1) is 0 Å². The van der Waals surface area contributed by atoms with E-state index in [0.29, 0.717) is 5.82 Å². The van der Waals surface area contributed by atoms with Crippen molar-refractivity contribution in [1.82, 2.24) is 19.5 Å². The van der Waals surface area contributed by atoms with E-state index in [4.69, 9.17) is 5.73 Å². The summed E-state index contributed by atoms with van der Waals surface area (Å²) >= 11 is 0. The van der Waals surface area contributed by atoms with Crippen molar-refractivity contribution in [2.24, 2.45) is 5.73 Å². The molecular weight excluding hydrogens is 266 g/mol. The second-order valence-electron chi connectivity index (χ2n) is 5.91. The molecule has 0 radical (unpaired) electrons. The van der Waals surface area contributed by atoms with Crippen LogP contribution < -0.4 is 5.73 Å². The Morgan fingerprint density at radius 2 is 2.33 bits per heavy atom. The van der Waals surface area contributed by atoms with E-state index < -0.39 is 6.10 Å². The van der Waals surface area contributed by atoms with Crippen LogP contribution >= 0.6 is 0 Å². The van der Waals surface area contributed by atoms with E-state index in [0.717, 1.165) is 41.3 Å². The Kier molecular flexibility index (Phi) is 2.77. The molecule has 21 heavy (non-hydrogen) atoms. The molecule has 0 aliphatic heterocycles. The molecule has 1 fully saturated rings. The summed E-state index contributed by atoms with van der Waals surface area (Å²) in [6.07, 6.45) is 6.18. The summed E-state index contributed by atoms with van der Waals surface area (Å²) in [4.78, 5) is 12.1. The number of hydrogen-bond acceptors (Lipinski definition) is 4. The first-order valence-electron chi connectivity index (χ1n) is 7.44. The predicted molar refractivity (Wildman–Crippen MR) is 80.9 cm³/mol. The van der Waals surface area contributed by atoms with Gasteiger partial charge in [0.1, 0.15) is 23.1 Å². The van der Waals surface area contributed by atoms with Crippen molar-refractivity contribution < 1.29 is 5.11 Å². The summed E-state index contributed by atoms with van der Waals surface area (Å²) in [6, 6.07) is 2.32. The number of pyridine rings is 1. The SMILES string of the molecule is C[C@@H](O)c1nc2cnc3[nH]ccc3c2n1C1CCC[C@@H]1N. The monoisotopic (exact) mass is 285 g/mol. The number of fused-ring (bicyclic) bond motifs is 3. The lowest BCUT2D eigenvalue weighted by atomic mass is 10.1. The molecule has 0 aromatic carbocycles. The van der Waals surface area contributed by atoms with Crippen molar-refractivity contribution in [3.05, 3.63) is 24.3 Å². The molecule has 1 unspecified atom stereocenters. The highest BCUT2D eigenvalue weighted by Gasteiger charge is 2.30. The van der Waals surface area contributed by atoms with Crippen LogP contribution in [0.3, 0.4) is 0 Å². The number of rotatable bonds is 2. The summed E-state index contributed by atoms with van der Waals surface area (Å²) in [7, 11) is 0. The molecule has 6 heteroatoms. The molecule has 6 nitrogen and oxygen atoms in total. The minimum atomic E-state index is -0.626. The summed E-state index contributed by atoms with van der Waals surface area (Å²) in [5.74, 6) is 0.683. The second-order valence-corrected chi connectivity index (χ2v) is 5.91. The Bertz CT molecular complexity index is 803. The van der Waals surface area contributed by atoms with Gasteiger partial charge in [-0.05, 0) is 32.3 Å². The van der Waals surface area contributed by atoms with Gasteiger partial charge in [0.15, 0.2) is 0 Å². The molecule has 3 aromatic rings. The number of nitrogens with one attached hydrogen (secondary N) is 1. The highest BCUT2D eigenvalue weighted by atomic mass is 16.3. The third kappa shape index (κ3) is 1.79. The molecule has 1 aliphatic rings. The van der Waals surface area contributed by atoms with E-state index in [-0.39, 0.29) is 12.1 Å². The normalized spacial score (nSPS) is 24.1. The van der Waals surface area contributed by atoms with Gasteiger partial charge in [0.2, 0.25) is 0 Å². The number of aromatic nitrogens is 4. The fraction of sp³-hybridized carbons (Fsp3) is 0.467. The van der Waals surface area contributed by atoms with E-state index in [1.165, 1.54) is 0 Å². The number of imidazole rings is 1. The van der Waals surface area contributed by atoms with E-state index >= 15 is 0 Å². The molecule has 1 aliphatic carbocycles. The van der Waals surface area contributed by atoms with Gasteiger partial charge in [0.25, 0.3) is 0 Å². The Morgan fingerprint density at radius 3 is 3.05 bits per heavy atom. The fourth-order valence-electron chi connectivity index (χ4n) is 3.53. The average molecular weight is 285 g/mol. The Hall–Kier alpha value is -1.92. The summed E-state index contributed by atoms with van der Waals surface area (Å²) in [5, 5.41) is 11.2. The van der Waals surface area contributed by atoms with Crippen molar-refractivity contribution in [3.63, 3.8) is 0 Å². The first-order chi connectivity index (χ1) is 10.2. The van der Waals surface area contributed by atoms with Crippen molar-refractivity contribution in [2.75, 3.05) is 0 Å². The van der Waals surface area contributed by atoms with Crippen molar-refractivity contribution >= 4 is 22.1 Å². The Balaban J connectivity index is 2.08. The maximum atomic E-state index is 10.1. The maximum Gasteiger partial charge on any atom is 0.139 e.